The highest BCUT2D eigenvalue weighted by molar-refractivity contribution is 5.75. The largest absolute Gasteiger partial charge is 0.381 e. The van der Waals surface area contributed by atoms with Crippen LogP contribution in [0.1, 0.15) is 5.56 Å². The molecule has 0 aliphatic rings. The monoisotopic (exact) mass is 292 g/mol. The minimum Gasteiger partial charge on any atom is -0.358 e. The van der Waals surface area contributed by atoms with Crippen LogP contribution < -0.4 is 5.32 Å². The average Bonchev–Trinajstić information content (AvgIpc) is 2.90. The maximum Gasteiger partial charge on any atom is 0.381 e. The third-order valence-electron chi connectivity index (χ3n) is 2.78. The van der Waals surface area contributed by atoms with E-state index in [1.807, 2.05) is 0 Å². The third-order valence-corrected chi connectivity index (χ3v) is 2.78. The zero-order chi connectivity index (χ0) is 15.2. The van der Waals surface area contributed by atoms with Crippen molar-refractivity contribution < 1.29 is 14.1 Å². The number of amides is 1. The minimum atomic E-state index is -0.622. The first-order valence-corrected chi connectivity index (χ1v) is 6.22. The number of halogens is 1. The molecule has 2 rings (SSSR count). The SMILES string of the molecule is O=C(Cn1cnc([N+](=O)[O-])c1)NCCc1ccc(F)cc1. The van der Waals surface area contributed by atoms with E-state index >= 15 is 0 Å². The summed E-state index contributed by atoms with van der Waals surface area (Å²) in [6.07, 6.45) is 3.01. The minimum absolute atomic E-state index is 0.0374. The van der Waals surface area contributed by atoms with Gasteiger partial charge in [0.15, 0.2) is 0 Å². The molecule has 0 aliphatic heterocycles. The fourth-order valence-corrected chi connectivity index (χ4v) is 1.75. The third kappa shape index (κ3) is 4.37. The van der Waals surface area contributed by atoms with E-state index < -0.39 is 4.92 Å². The highest BCUT2D eigenvalue weighted by Crippen LogP contribution is 2.05. The molecule has 1 aromatic heterocycles. The van der Waals surface area contributed by atoms with Crippen LogP contribution in [0, 0.1) is 15.9 Å². The maximum absolute atomic E-state index is 12.7. The molecule has 0 saturated carbocycles. The van der Waals surface area contributed by atoms with Crippen molar-refractivity contribution >= 4 is 11.7 Å². The molecule has 7 nitrogen and oxygen atoms in total. The van der Waals surface area contributed by atoms with Gasteiger partial charge in [-0.15, -0.1) is 0 Å². The number of carbonyl (C=O) groups excluding carboxylic acids is 1. The topological polar surface area (TPSA) is 90.1 Å². The molecular weight excluding hydrogens is 279 g/mol. The molecule has 110 valence electrons. The fraction of sp³-hybridized carbons (Fsp3) is 0.231. The molecule has 1 heterocycles. The molecule has 1 amide bonds. The lowest BCUT2D eigenvalue weighted by molar-refractivity contribution is -0.389. The van der Waals surface area contributed by atoms with Crippen LogP contribution in [0.5, 0.6) is 0 Å². The molecule has 1 aromatic carbocycles. The van der Waals surface area contributed by atoms with Crippen LogP contribution in [0.15, 0.2) is 36.8 Å². The van der Waals surface area contributed by atoms with Crippen LogP contribution in [0.4, 0.5) is 10.2 Å². The Bertz CT molecular complexity index is 639. The number of carbonyl (C=O) groups is 1. The van der Waals surface area contributed by atoms with E-state index in [1.54, 1.807) is 12.1 Å². The van der Waals surface area contributed by atoms with E-state index in [2.05, 4.69) is 10.3 Å². The van der Waals surface area contributed by atoms with Gasteiger partial charge < -0.3 is 20.0 Å². The summed E-state index contributed by atoms with van der Waals surface area (Å²) in [6, 6.07) is 6.03. The average molecular weight is 292 g/mol. The predicted octanol–water partition coefficient (Wildman–Crippen LogP) is 1.29. The molecule has 0 fully saturated rings. The lowest BCUT2D eigenvalue weighted by Gasteiger charge is -2.05. The zero-order valence-electron chi connectivity index (χ0n) is 11.0. The van der Waals surface area contributed by atoms with Crippen LogP contribution in [0.3, 0.4) is 0 Å². The van der Waals surface area contributed by atoms with E-state index in [4.69, 9.17) is 0 Å². The first-order valence-electron chi connectivity index (χ1n) is 6.22. The highest BCUT2D eigenvalue weighted by Gasteiger charge is 2.11. The number of benzene rings is 1. The Balaban J connectivity index is 1.76. The quantitative estimate of drug-likeness (QED) is 0.641. The molecule has 2 aromatic rings. The summed E-state index contributed by atoms with van der Waals surface area (Å²) in [7, 11) is 0. The Kier molecular flexibility index (Phi) is 4.60. The lowest BCUT2D eigenvalue weighted by atomic mass is 10.1. The second kappa shape index (κ2) is 6.60. The van der Waals surface area contributed by atoms with E-state index in [0.29, 0.717) is 13.0 Å². The molecule has 0 radical (unpaired) electrons. The van der Waals surface area contributed by atoms with Crippen molar-refractivity contribution in [3.63, 3.8) is 0 Å². The number of hydrogen-bond acceptors (Lipinski definition) is 4. The van der Waals surface area contributed by atoms with Gasteiger partial charge in [0, 0.05) is 6.54 Å². The van der Waals surface area contributed by atoms with Crippen molar-refractivity contribution in [2.75, 3.05) is 6.54 Å². The molecule has 21 heavy (non-hydrogen) atoms. The Hall–Kier alpha value is -2.77. The van der Waals surface area contributed by atoms with Gasteiger partial charge in [0.1, 0.15) is 18.6 Å². The highest BCUT2D eigenvalue weighted by atomic mass is 19.1. The van der Waals surface area contributed by atoms with Gasteiger partial charge >= 0.3 is 5.82 Å². The summed E-state index contributed by atoms with van der Waals surface area (Å²) >= 11 is 0. The van der Waals surface area contributed by atoms with Crippen molar-refractivity contribution in [1.82, 2.24) is 14.9 Å². The van der Waals surface area contributed by atoms with Gasteiger partial charge in [0.05, 0.1) is 0 Å². The predicted molar refractivity (Wildman–Crippen MR) is 72.0 cm³/mol. The lowest BCUT2D eigenvalue weighted by Crippen LogP contribution is -2.29. The van der Waals surface area contributed by atoms with Crippen molar-refractivity contribution in [3.05, 3.63) is 58.3 Å². The van der Waals surface area contributed by atoms with Gasteiger partial charge in [0.25, 0.3) is 0 Å². The second-order valence-electron chi connectivity index (χ2n) is 4.39. The van der Waals surface area contributed by atoms with Gasteiger partial charge in [-0.3, -0.25) is 4.79 Å². The van der Waals surface area contributed by atoms with E-state index in [9.17, 15) is 19.3 Å². The van der Waals surface area contributed by atoms with Gasteiger partial charge in [0.2, 0.25) is 12.2 Å². The number of hydrogen-bond donors (Lipinski definition) is 1. The summed E-state index contributed by atoms with van der Waals surface area (Å²) in [5.74, 6) is -0.872. The molecular formula is C13H13FN4O3. The Morgan fingerprint density at radius 3 is 2.71 bits per heavy atom. The summed E-state index contributed by atoms with van der Waals surface area (Å²) in [5, 5.41) is 13.1. The van der Waals surface area contributed by atoms with Crippen molar-refractivity contribution in [3.8, 4) is 0 Å². The molecule has 0 spiro atoms. The standard InChI is InChI=1S/C13H13FN4O3/c14-11-3-1-10(2-4-11)5-6-15-13(19)8-17-7-12(16-9-17)18(20)21/h1-4,7,9H,5-6,8H2,(H,15,19). The first-order chi connectivity index (χ1) is 10.0. The number of nitrogens with zero attached hydrogens (tertiary/aromatic N) is 3. The van der Waals surface area contributed by atoms with Gasteiger partial charge in [-0.05, 0) is 34.0 Å². The van der Waals surface area contributed by atoms with E-state index in [1.165, 1.54) is 29.2 Å². The molecule has 1 N–H and O–H groups in total. The molecule has 0 saturated heterocycles. The van der Waals surface area contributed by atoms with Crippen molar-refractivity contribution in [2.24, 2.45) is 0 Å². The Morgan fingerprint density at radius 2 is 2.10 bits per heavy atom. The smallest absolute Gasteiger partial charge is 0.358 e. The summed E-state index contributed by atoms with van der Waals surface area (Å²) in [4.78, 5) is 25.0. The molecule has 8 heteroatoms. The van der Waals surface area contributed by atoms with Crippen LogP contribution in [0.25, 0.3) is 0 Å². The van der Waals surface area contributed by atoms with Crippen LogP contribution in [0.2, 0.25) is 0 Å². The molecule has 0 bridgehead atoms. The van der Waals surface area contributed by atoms with E-state index in [-0.39, 0.29) is 24.1 Å². The van der Waals surface area contributed by atoms with Crippen molar-refractivity contribution in [1.29, 1.82) is 0 Å². The van der Waals surface area contributed by atoms with Gasteiger partial charge in [-0.1, -0.05) is 12.1 Å². The van der Waals surface area contributed by atoms with Crippen LogP contribution >= 0.6 is 0 Å². The Labute approximate surface area is 119 Å². The fourth-order valence-electron chi connectivity index (χ4n) is 1.75. The first kappa shape index (κ1) is 14.6. The molecule has 0 aliphatic carbocycles. The normalized spacial score (nSPS) is 10.3. The Morgan fingerprint density at radius 1 is 1.38 bits per heavy atom. The zero-order valence-corrected chi connectivity index (χ0v) is 11.0. The second-order valence-corrected chi connectivity index (χ2v) is 4.39. The van der Waals surface area contributed by atoms with Gasteiger partial charge in [-0.25, -0.2) is 4.39 Å². The number of nitro groups is 1. The van der Waals surface area contributed by atoms with Crippen molar-refractivity contribution in [2.45, 2.75) is 13.0 Å². The summed E-state index contributed by atoms with van der Waals surface area (Å²) in [5.41, 5.74) is 0.912. The number of nitrogens with one attached hydrogen (secondary N) is 1. The number of rotatable bonds is 6. The number of imidazole rings is 1. The number of aromatic nitrogens is 2. The summed E-state index contributed by atoms with van der Waals surface area (Å²) < 4.78 is 14.1. The van der Waals surface area contributed by atoms with Crippen LogP contribution in [-0.2, 0) is 17.8 Å². The summed E-state index contributed by atoms with van der Waals surface area (Å²) in [6.45, 7) is 0.367. The van der Waals surface area contributed by atoms with E-state index in [0.717, 1.165) is 5.56 Å². The molecule has 0 unspecified atom stereocenters. The van der Waals surface area contributed by atoms with Crippen LogP contribution in [-0.4, -0.2) is 26.9 Å². The van der Waals surface area contributed by atoms with Gasteiger partial charge in [-0.2, -0.15) is 0 Å². The maximum atomic E-state index is 12.7. The molecule has 0 atom stereocenters.